The standard InChI is InChI=1S/C40H25NO2.C28H19NO.C22H13BrO.C16H9BrO.C12H7BrO.C6H4Br2.C6H7N/c1-2-10-29(11-3-1)41(31-21-23-33-32-12-4-5-14-36(32)42-39(33)25-31)30-19-16-26(17-20-30)28-18-22-34-35-13-6-8-27-9-7-15-37(40(27)35)43-38(34)24-28;1-2-8-22(9-3-1)29-23-15-12-19(13-16-23)21-14-17-24-25-10-4-6-20-7-5-11-26(28(20)25)30-27(24)18-21;23-17-10-7-14(8-11-17)16-9-12-18-19-5-1-3-15-4-2-6-20(22(15)19)24-21(18)13-16;17-11-7-8-12-13-5-1-3-10-4-2-6-14(16(10)13)18-15(12)9-11;13-8-5-6-10-9-3-1-2-4-11(9)14-12(10)7-8;7-5-1-2-6(8)4-3-5;7-6-4-2-1-3-5-6/h1-25H;1-18,29H;1-13H;1-9H;1-7H;1-4H;1-5H,7H2. The normalized spacial score (nSPS) is 11.5. The number of halogens is 5. The molecular weight excluding hydrogens is 2100 g/mol. The molecule has 0 radical (unpaired) electrons. The number of anilines is 6. The van der Waals surface area contributed by atoms with Crippen molar-refractivity contribution >= 4 is 201 Å². The summed E-state index contributed by atoms with van der Waals surface area (Å²) in [6.45, 7) is 0. The van der Waals surface area contributed by atoms with Gasteiger partial charge in [-0.15, -0.1) is 0 Å². The number of para-hydroxylation sites is 5. The summed E-state index contributed by atoms with van der Waals surface area (Å²) in [5, 5.41) is 17.6. The summed E-state index contributed by atoms with van der Waals surface area (Å²) in [5.41, 5.74) is 31.6. The van der Waals surface area contributed by atoms with E-state index in [1.54, 1.807) is 0 Å². The van der Waals surface area contributed by atoms with Gasteiger partial charge in [-0.3, -0.25) is 0 Å². The lowest BCUT2D eigenvalue weighted by Gasteiger charge is -2.25. The monoisotopic (exact) mass is 2180 g/mol. The van der Waals surface area contributed by atoms with Crippen LogP contribution in [0.4, 0.5) is 34.1 Å². The number of hydrogen-bond donors (Lipinski definition) is 2. The highest BCUT2D eigenvalue weighted by atomic mass is 79.9. The fourth-order valence-electron chi connectivity index (χ4n) is 19.1. The zero-order valence-corrected chi connectivity index (χ0v) is 85.1. The lowest BCUT2D eigenvalue weighted by atomic mass is 9.93. The van der Waals surface area contributed by atoms with Crippen LogP contribution in [0.3, 0.4) is 0 Å². The smallest absolute Gasteiger partial charge is 0.137 e. The first-order chi connectivity index (χ1) is 70.8. The van der Waals surface area contributed by atoms with E-state index in [4.69, 9.17) is 33.5 Å². The van der Waals surface area contributed by atoms with E-state index in [0.717, 1.165) is 186 Å². The van der Waals surface area contributed by atoms with Crippen molar-refractivity contribution < 1.29 is 27.8 Å². The summed E-state index contributed by atoms with van der Waals surface area (Å²) < 4.78 is 42.3. The van der Waals surface area contributed by atoms with E-state index < -0.39 is 0 Å². The Balaban J connectivity index is 0.0000000999. The van der Waals surface area contributed by atoms with E-state index in [1.807, 2.05) is 158 Å². The van der Waals surface area contributed by atoms with Gasteiger partial charge < -0.3 is 43.7 Å². The second kappa shape index (κ2) is 40.7. The van der Waals surface area contributed by atoms with Gasteiger partial charge in [0, 0.05) is 128 Å². The summed E-state index contributed by atoms with van der Waals surface area (Å²) in [4.78, 5) is 2.27. The molecule has 0 aliphatic carbocycles. The third-order valence-electron chi connectivity index (χ3n) is 25.9. The quantitative estimate of drug-likeness (QED) is 0.144. The van der Waals surface area contributed by atoms with Crippen LogP contribution in [0.1, 0.15) is 0 Å². The fourth-order valence-corrected chi connectivity index (χ4v) is 20.6. The summed E-state index contributed by atoms with van der Waals surface area (Å²) in [6, 6.07) is 169. The first-order valence-electron chi connectivity index (χ1n) is 47.2. The molecule has 0 fully saturated rings. The van der Waals surface area contributed by atoms with Crippen LogP contribution in [0.25, 0.3) is 165 Å². The van der Waals surface area contributed by atoms with Gasteiger partial charge in [0.05, 0.1) is 0 Å². The highest BCUT2D eigenvalue weighted by molar-refractivity contribution is 9.11. The minimum absolute atomic E-state index is 0.822. The van der Waals surface area contributed by atoms with Crippen molar-refractivity contribution in [1.82, 2.24) is 0 Å². The van der Waals surface area contributed by atoms with E-state index >= 15 is 0 Å². The molecule has 0 spiro atoms. The van der Waals surface area contributed by atoms with Gasteiger partial charge in [0.1, 0.15) is 68.3 Å². The predicted octanol–water partition coefficient (Wildman–Crippen LogP) is 40.9. The summed E-state index contributed by atoms with van der Waals surface area (Å²) in [6.07, 6.45) is 0. The molecule has 0 atom stereocenters. The van der Waals surface area contributed by atoms with Crippen LogP contribution in [-0.4, -0.2) is 0 Å². The minimum Gasteiger partial charge on any atom is -0.456 e. The van der Waals surface area contributed by atoms with Crippen LogP contribution >= 0.6 is 79.6 Å². The topological polar surface area (TPSA) is 104 Å². The van der Waals surface area contributed by atoms with E-state index in [2.05, 4.69) is 424 Å². The molecule has 0 amide bonds. The van der Waals surface area contributed by atoms with E-state index in [9.17, 15) is 0 Å². The Morgan fingerprint density at radius 1 is 0.188 bits per heavy atom. The van der Waals surface area contributed by atoms with Gasteiger partial charge >= 0.3 is 0 Å². The van der Waals surface area contributed by atoms with Crippen molar-refractivity contribution in [3.05, 3.63) is 514 Å². The van der Waals surface area contributed by atoms with Crippen LogP contribution in [0.15, 0.2) is 523 Å². The average molecular weight is 2180 g/mol. The number of hydrogen-bond acceptors (Lipinski definition) is 9. The summed E-state index contributed by atoms with van der Waals surface area (Å²) in [5.74, 6) is 7.33. The number of ether oxygens (including phenoxy) is 4. The Bertz CT molecular complexity index is 9080. The molecule has 4 aliphatic heterocycles. The number of nitrogens with two attached hydrogens (primary N) is 1. The molecule has 14 heteroatoms. The van der Waals surface area contributed by atoms with Gasteiger partial charge in [-0.25, -0.2) is 0 Å². The molecule has 29 rings (SSSR count). The Morgan fingerprint density at radius 2 is 0.479 bits per heavy atom. The molecule has 690 valence electrons. The molecule has 3 N–H and O–H groups in total. The highest BCUT2D eigenvalue weighted by Gasteiger charge is 2.27. The molecule has 6 heterocycles. The lowest BCUT2D eigenvalue weighted by Crippen LogP contribution is -2.09. The molecule has 9 nitrogen and oxygen atoms in total. The maximum absolute atomic E-state index is 6.43. The molecule has 0 unspecified atom stereocenters. The van der Waals surface area contributed by atoms with Crippen molar-refractivity contribution in [2.45, 2.75) is 0 Å². The molecular formula is C130H84Br5N3O6. The van der Waals surface area contributed by atoms with Gasteiger partial charge in [-0.05, 0) is 296 Å². The maximum atomic E-state index is 6.43. The number of fused-ring (bicyclic) bond motifs is 14. The Hall–Kier alpha value is -16.3. The van der Waals surface area contributed by atoms with E-state index in [0.29, 0.717) is 0 Å². The van der Waals surface area contributed by atoms with Crippen LogP contribution in [0.2, 0.25) is 0 Å². The average Bonchev–Trinajstić information content (AvgIpc) is 0.962. The van der Waals surface area contributed by atoms with Gasteiger partial charge in [-0.2, -0.15) is 0 Å². The number of nitrogen functional groups attached to an aromatic ring is 1. The van der Waals surface area contributed by atoms with Gasteiger partial charge in [0.2, 0.25) is 0 Å². The van der Waals surface area contributed by atoms with E-state index in [1.165, 1.54) is 81.7 Å². The Morgan fingerprint density at radius 3 is 0.896 bits per heavy atom. The van der Waals surface area contributed by atoms with Crippen molar-refractivity contribution in [3.63, 3.8) is 0 Å². The number of nitrogens with zero attached hydrogens (tertiary/aromatic N) is 1. The molecule has 144 heavy (non-hydrogen) atoms. The molecule has 0 saturated carbocycles. The van der Waals surface area contributed by atoms with Crippen LogP contribution in [-0.2, 0) is 0 Å². The zero-order chi connectivity index (χ0) is 97.1. The van der Waals surface area contributed by atoms with Crippen molar-refractivity contribution in [1.29, 1.82) is 0 Å². The third-order valence-corrected chi connectivity index (χ3v) is 28.5. The largest absolute Gasteiger partial charge is 0.456 e. The van der Waals surface area contributed by atoms with Crippen molar-refractivity contribution in [2.75, 3.05) is 16.0 Å². The summed E-state index contributed by atoms with van der Waals surface area (Å²) >= 11 is 17.1. The minimum atomic E-state index is 0.822. The van der Waals surface area contributed by atoms with Crippen molar-refractivity contribution in [2.24, 2.45) is 0 Å². The molecule has 4 aliphatic rings. The highest BCUT2D eigenvalue weighted by Crippen LogP contribution is 2.54. The van der Waals surface area contributed by atoms with Gasteiger partial charge in [0.15, 0.2) is 0 Å². The Labute approximate surface area is 874 Å². The number of rotatable bonds is 8. The van der Waals surface area contributed by atoms with E-state index in [-0.39, 0.29) is 0 Å². The lowest BCUT2D eigenvalue weighted by molar-refractivity contribution is 0.486. The number of furan rings is 2. The number of benzene rings is 23. The molecule has 2 aromatic heterocycles. The van der Waals surface area contributed by atoms with Gasteiger partial charge in [-0.1, -0.05) is 347 Å². The fraction of sp³-hybridized carbons (Fsp3) is 0. The second-order valence-corrected chi connectivity index (χ2v) is 39.6. The van der Waals surface area contributed by atoms with Crippen LogP contribution in [0.5, 0.6) is 46.0 Å². The van der Waals surface area contributed by atoms with Crippen LogP contribution < -0.4 is 34.9 Å². The SMILES string of the molecule is Brc1ccc(-c2ccc3c(c2)Oc2cccc4cccc-3c24)cc1.Brc1ccc(Br)cc1.Brc1ccc2c(c1)Oc1cccc3cccc-2c13.Brc1ccc2c(c1)oc1ccccc12.Nc1ccccc1.c1ccc(N(c2ccc(-c3ccc4c(c3)Oc3cccc5cccc-4c35)cc2)c2ccc3c(c2)oc2ccccc23)cc1.c1ccc(Nc2ccc(-c3ccc4c(c3)Oc3cccc5cccc-4c35)cc2)cc1. The first-order valence-corrected chi connectivity index (χ1v) is 51.1. The molecule has 25 aromatic rings. The van der Waals surface area contributed by atoms with Crippen molar-refractivity contribution in [3.8, 4) is 124 Å². The predicted molar refractivity (Wildman–Crippen MR) is 615 cm³/mol. The molecule has 0 bridgehead atoms. The molecule has 0 saturated heterocycles. The first kappa shape index (κ1) is 91.5. The maximum Gasteiger partial charge on any atom is 0.137 e. The third kappa shape index (κ3) is 19.1. The summed E-state index contributed by atoms with van der Waals surface area (Å²) in [7, 11) is 0. The van der Waals surface area contributed by atoms with Crippen LogP contribution in [0, 0.1) is 0 Å². The Kier molecular flexibility index (Phi) is 25.9. The molecule has 23 aromatic carbocycles. The zero-order valence-electron chi connectivity index (χ0n) is 77.1. The number of nitrogens with one attached hydrogen (secondary N) is 1. The second-order valence-electron chi connectivity index (χ2n) is 35.0. The van der Waals surface area contributed by atoms with Gasteiger partial charge in [0.25, 0.3) is 0 Å².